The molecule has 9 nitrogen and oxygen atoms in total. The predicted octanol–water partition coefficient (Wildman–Crippen LogP) is 20.6. The Labute approximate surface area is 490 Å². The molecule has 0 heterocycles. The van der Waals surface area contributed by atoms with Crippen LogP contribution in [0.25, 0.3) is 0 Å². The van der Waals surface area contributed by atoms with Gasteiger partial charge in [0.25, 0.3) is 7.82 Å². The van der Waals surface area contributed by atoms with Crippen LogP contribution in [0.15, 0.2) is 48.6 Å². The lowest BCUT2D eigenvalue weighted by molar-refractivity contribution is -0.870. The minimum Gasteiger partial charge on any atom is -0.756 e. The smallest absolute Gasteiger partial charge is 0.306 e. The summed E-state index contributed by atoms with van der Waals surface area (Å²) >= 11 is 0. The topological polar surface area (TPSA) is 114 Å². The number of amides is 1. The maximum absolute atomic E-state index is 13.6. The van der Waals surface area contributed by atoms with E-state index in [1.807, 2.05) is 33.3 Å². The molecular weight excluding hydrogens is 1000 g/mol. The van der Waals surface area contributed by atoms with Crippen molar-refractivity contribution in [2.24, 2.45) is 0 Å². The van der Waals surface area contributed by atoms with Crippen molar-refractivity contribution in [2.75, 3.05) is 40.9 Å². The molecule has 10 heteroatoms. The van der Waals surface area contributed by atoms with Gasteiger partial charge in [-0.15, -0.1) is 0 Å². The first-order chi connectivity index (χ1) is 38.4. The van der Waals surface area contributed by atoms with Crippen molar-refractivity contribution < 1.29 is 37.3 Å². The van der Waals surface area contributed by atoms with Gasteiger partial charge in [0.1, 0.15) is 19.3 Å². The van der Waals surface area contributed by atoms with Crippen molar-refractivity contribution in [1.29, 1.82) is 0 Å². The number of allylic oxidation sites excluding steroid dienone is 7. The van der Waals surface area contributed by atoms with Crippen LogP contribution < -0.4 is 10.2 Å². The third-order valence-electron chi connectivity index (χ3n) is 15.3. The molecule has 3 unspecified atom stereocenters. The van der Waals surface area contributed by atoms with Crippen molar-refractivity contribution in [3.63, 3.8) is 0 Å². The zero-order chi connectivity index (χ0) is 57.9. The number of quaternary nitrogens is 1. The number of hydrogen-bond donors (Lipinski definition) is 1. The van der Waals surface area contributed by atoms with E-state index in [9.17, 15) is 19.0 Å². The van der Waals surface area contributed by atoms with Crippen LogP contribution in [0.4, 0.5) is 0 Å². The Morgan fingerprint density at radius 2 is 0.772 bits per heavy atom. The van der Waals surface area contributed by atoms with E-state index >= 15 is 0 Å². The Balaban J connectivity index is 5.18. The first-order valence-electron chi connectivity index (χ1n) is 33.9. The first kappa shape index (κ1) is 77.0. The van der Waals surface area contributed by atoms with Crippen LogP contribution in [0.5, 0.6) is 0 Å². The van der Waals surface area contributed by atoms with Gasteiger partial charge < -0.3 is 28.5 Å². The van der Waals surface area contributed by atoms with Gasteiger partial charge in [-0.05, 0) is 70.3 Å². The second kappa shape index (κ2) is 59.1. The van der Waals surface area contributed by atoms with E-state index in [2.05, 4.69) is 62.5 Å². The zero-order valence-electron chi connectivity index (χ0n) is 53.1. The largest absolute Gasteiger partial charge is 0.756 e. The minimum atomic E-state index is -4.70. The van der Waals surface area contributed by atoms with Gasteiger partial charge in [0.05, 0.1) is 33.8 Å². The molecule has 0 aliphatic rings. The molecule has 0 aromatic rings. The lowest BCUT2D eigenvalue weighted by atomic mass is 10.0. The summed E-state index contributed by atoms with van der Waals surface area (Å²) in [5.41, 5.74) is 0. The number of hydrogen-bond acceptors (Lipinski definition) is 7. The van der Waals surface area contributed by atoms with E-state index in [0.717, 1.165) is 83.5 Å². The summed E-state index contributed by atoms with van der Waals surface area (Å²) < 4.78 is 30.4. The third-order valence-corrected chi connectivity index (χ3v) is 16.2. The number of phosphoric ester groups is 1. The first-order valence-corrected chi connectivity index (χ1v) is 35.4. The van der Waals surface area contributed by atoms with E-state index in [4.69, 9.17) is 13.8 Å². The van der Waals surface area contributed by atoms with Gasteiger partial charge >= 0.3 is 5.97 Å². The monoisotopic (exact) mass is 1130 g/mol. The minimum absolute atomic E-state index is 0.0225. The molecule has 1 amide bonds. The number of unbranched alkanes of at least 4 members (excludes halogenated alkanes) is 40. The number of phosphoric acid groups is 1. The molecule has 0 aromatic carbocycles. The highest BCUT2D eigenvalue weighted by molar-refractivity contribution is 7.45. The van der Waals surface area contributed by atoms with Gasteiger partial charge in [-0.1, -0.05) is 294 Å². The van der Waals surface area contributed by atoms with Crippen molar-refractivity contribution in [2.45, 2.75) is 341 Å². The predicted molar refractivity (Wildman–Crippen MR) is 339 cm³/mol. The van der Waals surface area contributed by atoms with Gasteiger partial charge in [0, 0.05) is 12.8 Å². The van der Waals surface area contributed by atoms with Gasteiger partial charge in [0.2, 0.25) is 5.91 Å². The quantitative estimate of drug-likeness (QED) is 0.0212. The van der Waals surface area contributed by atoms with Gasteiger partial charge in [-0.25, -0.2) is 0 Å². The highest BCUT2D eigenvalue weighted by Crippen LogP contribution is 2.38. The molecule has 0 bridgehead atoms. The average molecular weight is 1130 g/mol. The number of likely N-dealkylation sites (N-methyl/N-ethyl adjacent to an activating group) is 1. The van der Waals surface area contributed by atoms with Crippen LogP contribution in [-0.4, -0.2) is 69.4 Å². The van der Waals surface area contributed by atoms with E-state index < -0.39 is 20.0 Å². The number of esters is 1. The van der Waals surface area contributed by atoms with E-state index in [1.165, 1.54) is 212 Å². The van der Waals surface area contributed by atoms with Crippen molar-refractivity contribution in [3.05, 3.63) is 48.6 Å². The molecular formula is C69H131N2O7P. The summed E-state index contributed by atoms with van der Waals surface area (Å²) in [6.45, 7) is 6.86. The van der Waals surface area contributed by atoms with Crippen LogP contribution in [0.2, 0.25) is 0 Å². The van der Waals surface area contributed by atoms with E-state index in [0.29, 0.717) is 17.4 Å². The number of rotatable bonds is 62. The SMILES string of the molecule is CCCCC/C=C\C/C=C\C/C=C\CCCCCCCCCCC(=O)NC(COP(=O)([O-])OCC[N+](C)(C)C)C(/C=C/CCCCCCCCCCCCC)OC(=O)CCCCCCCCCCCCCCCCCCCCC. The zero-order valence-corrected chi connectivity index (χ0v) is 54.0. The molecule has 0 saturated carbocycles. The van der Waals surface area contributed by atoms with Crippen LogP contribution in [0.1, 0.15) is 329 Å². The molecule has 0 radical (unpaired) electrons. The average Bonchev–Trinajstić information content (AvgIpc) is 3.41. The molecule has 3 atom stereocenters. The second-order valence-electron chi connectivity index (χ2n) is 24.3. The summed E-state index contributed by atoms with van der Waals surface area (Å²) in [6.07, 6.45) is 73.6. The van der Waals surface area contributed by atoms with Crippen LogP contribution >= 0.6 is 7.82 Å². The number of nitrogens with zero attached hydrogens (tertiary/aromatic N) is 1. The summed E-state index contributed by atoms with van der Waals surface area (Å²) in [4.78, 5) is 40.1. The lowest BCUT2D eigenvalue weighted by Gasteiger charge is -2.30. The third kappa shape index (κ3) is 60.4. The van der Waals surface area contributed by atoms with Crippen LogP contribution in [0.3, 0.4) is 0 Å². The fourth-order valence-corrected chi connectivity index (χ4v) is 10.7. The summed E-state index contributed by atoms with van der Waals surface area (Å²) in [6, 6.07) is -0.891. The van der Waals surface area contributed by atoms with Crippen LogP contribution in [-0.2, 0) is 27.9 Å². The Morgan fingerprint density at radius 1 is 0.443 bits per heavy atom. The van der Waals surface area contributed by atoms with Crippen molar-refractivity contribution >= 4 is 19.7 Å². The van der Waals surface area contributed by atoms with E-state index in [1.54, 1.807) is 0 Å². The maximum atomic E-state index is 13.6. The molecule has 0 aliphatic carbocycles. The number of nitrogens with one attached hydrogen (secondary N) is 1. The normalized spacial score (nSPS) is 13.9. The Kier molecular flexibility index (Phi) is 57.6. The van der Waals surface area contributed by atoms with E-state index in [-0.39, 0.29) is 31.5 Å². The second-order valence-corrected chi connectivity index (χ2v) is 25.7. The molecule has 0 saturated heterocycles. The maximum Gasteiger partial charge on any atom is 0.306 e. The fourth-order valence-electron chi connectivity index (χ4n) is 10.0. The number of carbonyl (C=O) groups excluding carboxylic acids is 2. The van der Waals surface area contributed by atoms with Gasteiger partial charge in [0.15, 0.2) is 0 Å². The lowest BCUT2D eigenvalue weighted by Crippen LogP contribution is -2.47. The molecule has 0 fully saturated rings. The highest BCUT2D eigenvalue weighted by atomic mass is 31.2. The summed E-state index contributed by atoms with van der Waals surface area (Å²) in [5.74, 6) is -0.534. The molecule has 0 rings (SSSR count). The number of ether oxygens (including phenoxy) is 1. The van der Waals surface area contributed by atoms with Crippen LogP contribution in [0, 0.1) is 0 Å². The molecule has 79 heavy (non-hydrogen) atoms. The molecule has 0 aliphatic heterocycles. The molecule has 0 aromatic heterocycles. The fraction of sp³-hybridized carbons (Fsp3) is 0.855. The molecule has 464 valence electrons. The standard InChI is InChI=1S/C69H131N2O7P/c1-7-10-13-16-19-22-25-28-30-32-34-35-37-38-40-43-46-49-52-55-58-61-68(72)70-66(65-77-79(74,75)76-64-63-71(4,5)6)67(60-57-54-51-48-45-42-27-24-21-18-15-12-9-3)78-69(73)62-59-56-53-50-47-44-41-39-36-33-31-29-26-23-20-17-14-11-8-2/h19,22,28,30,34-35,57,60,66-67H,7-18,20-21,23-27,29,31-33,36-56,58-59,61-65H2,1-6H3,(H-,70,72,74,75)/b22-19-,30-28-,35-34-,60-57+. The highest BCUT2D eigenvalue weighted by Gasteiger charge is 2.27. The van der Waals surface area contributed by atoms with Crippen molar-refractivity contribution in [3.8, 4) is 0 Å². The molecule has 0 spiro atoms. The van der Waals surface area contributed by atoms with Gasteiger partial charge in [-0.3, -0.25) is 14.2 Å². The van der Waals surface area contributed by atoms with Gasteiger partial charge in [-0.2, -0.15) is 0 Å². The summed E-state index contributed by atoms with van der Waals surface area (Å²) in [7, 11) is 1.19. The number of carbonyl (C=O) groups is 2. The molecule has 1 N–H and O–H groups in total. The Morgan fingerprint density at radius 3 is 1.18 bits per heavy atom. The Hall–Kier alpha value is -2.03. The Bertz CT molecular complexity index is 1490. The van der Waals surface area contributed by atoms with Crippen molar-refractivity contribution in [1.82, 2.24) is 5.32 Å². The summed E-state index contributed by atoms with van der Waals surface area (Å²) in [5, 5.41) is 3.04.